The number of hydrogen-bond donors (Lipinski definition) is 1. The molecule has 2 aromatic rings. The smallest absolute Gasteiger partial charge is 0.263 e. The van der Waals surface area contributed by atoms with Gasteiger partial charge in [0.05, 0.1) is 5.02 Å². The number of anilines is 1. The van der Waals surface area contributed by atoms with Crippen molar-refractivity contribution in [3.8, 4) is 0 Å². The third-order valence-electron chi connectivity index (χ3n) is 4.61. The molecule has 3 rings (SSSR count). The van der Waals surface area contributed by atoms with E-state index >= 15 is 0 Å². The van der Waals surface area contributed by atoms with E-state index in [0.717, 1.165) is 19.3 Å². The third kappa shape index (κ3) is 4.57. The molecular weight excluding hydrogens is 407 g/mol. The molecule has 2 aromatic carbocycles. The summed E-state index contributed by atoms with van der Waals surface area (Å²) in [5.74, 6) is -0.0935. The van der Waals surface area contributed by atoms with Gasteiger partial charge in [-0.1, -0.05) is 29.3 Å². The largest absolute Gasteiger partial charge is 0.336 e. The summed E-state index contributed by atoms with van der Waals surface area (Å²) in [6, 6.07) is 10.9. The van der Waals surface area contributed by atoms with Gasteiger partial charge in [0.2, 0.25) is 0 Å². The highest BCUT2D eigenvalue weighted by Crippen LogP contribution is 2.27. The molecule has 0 bridgehead atoms. The number of piperidine rings is 1. The number of rotatable bonds is 4. The van der Waals surface area contributed by atoms with Crippen LogP contribution in [-0.4, -0.2) is 31.8 Å². The number of halogens is 2. The lowest BCUT2D eigenvalue weighted by atomic mass is 10.0. The van der Waals surface area contributed by atoms with Crippen LogP contribution in [0.25, 0.3) is 0 Å². The summed E-state index contributed by atoms with van der Waals surface area (Å²) in [6.07, 6.45) is 3.08. The number of likely N-dealkylation sites (tertiary alicyclic amines) is 1. The Morgan fingerprint density at radius 3 is 2.67 bits per heavy atom. The van der Waals surface area contributed by atoms with Gasteiger partial charge in [-0.15, -0.1) is 0 Å². The van der Waals surface area contributed by atoms with Crippen LogP contribution in [0.2, 0.25) is 10.0 Å². The molecule has 1 unspecified atom stereocenters. The number of nitrogens with one attached hydrogen (secondary N) is 1. The van der Waals surface area contributed by atoms with E-state index in [0.29, 0.717) is 17.8 Å². The van der Waals surface area contributed by atoms with Crippen molar-refractivity contribution in [3.63, 3.8) is 0 Å². The maximum atomic E-state index is 12.8. The quantitative estimate of drug-likeness (QED) is 0.762. The minimum atomic E-state index is -3.94. The molecule has 5 nitrogen and oxygen atoms in total. The average Bonchev–Trinajstić information content (AvgIpc) is 2.63. The maximum absolute atomic E-state index is 12.8. The van der Waals surface area contributed by atoms with E-state index in [9.17, 15) is 13.2 Å². The zero-order valence-electron chi connectivity index (χ0n) is 14.8. The molecule has 1 saturated heterocycles. The highest BCUT2D eigenvalue weighted by Gasteiger charge is 2.25. The predicted molar refractivity (Wildman–Crippen MR) is 108 cm³/mol. The molecule has 0 aliphatic carbocycles. The van der Waals surface area contributed by atoms with Crippen LogP contribution in [0.4, 0.5) is 5.69 Å². The van der Waals surface area contributed by atoms with Gasteiger partial charge in [0.1, 0.15) is 4.90 Å². The summed E-state index contributed by atoms with van der Waals surface area (Å²) in [5, 5.41) is 0.337. The van der Waals surface area contributed by atoms with Gasteiger partial charge in [-0.05, 0) is 62.6 Å². The molecule has 0 aromatic heterocycles. The van der Waals surface area contributed by atoms with E-state index in [1.807, 2.05) is 11.8 Å². The Hall–Kier alpha value is -1.76. The number of sulfonamides is 1. The lowest BCUT2D eigenvalue weighted by Gasteiger charge is -2.33. The van der Waals surface area contributed by atoms with Crippen LogP contribution in [-0.2, 0) is 10.0 Å². The highest BCUT2D eigenvalue weighted by molar-refractivity contribution is 7.92. The van der Waals surface area contributed by atoms with E-state index in [1.54, 1.807) is 24.3 Å². The van der Waals surface area contributed by atoms with Gasteiger partial charge in [-0.25, -0.2) is 8.42 Å². The van der Waals surface area contributed by atoms with Crippen molar-refractivity contribution in [1.82, 2.24) is 4.90 Å². The number of benzene rings is 2. The minimum Gasteiger partial charge on any atom is -0.336 e. The van der Waals surface area contributed by atoms with Crippen LogP contribution in [0.15, 0.2) is 47.4 Å². The number of carbonyl (C=O) groups is 1. The Morgan fingerprint density at radius 1 is 1.15 bits per heavy atom. The molecule has 1 aliphatic rings. The summed E-state index contributed by atoms with van der Waals surface area (Å²) in [4.78, 5) is 14.5. The first-order valence-electron chi connectivity index (χ1n) is 8.67. The van der Waals surface area contributed by atoms with Gasteiger partial charge in [0.25, 0.3) is 15.9 Å². The van der Waals surface area contributed by atoms with E-state index in [-0.39, 0.29) is 26.9 Å². The molecule has 1 fully saturated rings. The van der Waals surface area contributed by atoms with Gasteiger partial charge in [-0.3, -0.25) is 9.52 Å². The molecule has 0 saturated carbocycles. The van der Waals surface area contributed by atoms with Gasteiger partial charge < -0.3 is 4.90 Å². The SMILES string of the molecule is CC1CCCCN1C(=O)c1cccc(NS(=O)(=O)c2cc(Cl)ccc2Cl)c1. The number of nitrogens with zero attached hydrogens (tertiary/aromatic N) is 1. The number of hydrogen-bond acceptors (Lipinski definition) is 3. The van der Waals surface area contributed by atoms with E-state index in [2.05, 4.69) is 4.72 Å². The van der Waals surface area contributed by atoms with Crippen molar-refractivity contribution < 1.29 is 13.2 Å². The van der Waals surface area contributed by atoms with Crippen LogP contribution in [0.1, 0.15) is 36.5 Å². The number of amides is 1. The molecule has 1 N–H and O–H groups in total. The lowest BCUT2D eigenvalue weighted by molar-refractivity contribution is 0.0635. The second kappa shape index (κ2) is 8.09. The Bertz CT molecular complexity index is 963. The van der Waals surface area contributed by atoms with Gasteiger partial charge in [0, 0.05) is 28.9 Å². The standard InChI is InChI=1S/C19H20Cl2N2O3S/c1-13-5-2-3-10-23(13)19(24)14-6-4-7-16(11-14)22-27(25,26)18-12-15(20)8-9-17(18)21/h4,6-9,11-13,22H,2-3,5,10H2,1H3. The van der Waals surface area contributed by atoms with Crippen LogP contribution in [0.5, 0.6) is 0 Å². The van der Waals surface area contributed by atoms with Crippen molar-refractivity contribution in [3.05, 3.63) is 58.1 Å². The molecule has 0 radical (unpaired) electrons. The Kier molecular flexibility index (Phi) is 5.99. The molecule has 1 atom stereocenters. The molecule has 8 heteroatoms. The van der Waals surface area contributed by atoms with Crippen LogP contribution >= 0.6 is 23.2 Å². The van der Waals surface area contributed by atoms with Crippen molar-refractivity contribution in [2.45, 2.75) is 37.1 Å². The topological polar surface area (TPSA) is 66.5 Å². The van der Waals surface area contributed by atoms with Crippen molar-refractivity contribution in [1.29, 1.82) is 0 Å². The monoisotopic (exact) mass is 426 g/mol. The first kappa shape index (κ1) is 20.0. The summed E-state index contributed by atoms with van der Waals surface area (Å²) in [7, 11) is -3.94. The fraction of sp³-hybridized carbons (Fsp3) is 0.316. The normalized spacial score (nSPS) is 17.6. The molecule has 1 aliphatic heterocycles. The zero-order chi connectivity index (χ0) is 19.6. The first-order valence-corrected chi connectivity index (χ1v) is 10.9. The Morgan fingerprint density at radius 2 is 1.93 bits per heavy atom. The molecule has 27 heavy (non-hydrogen) atoms. The van der Waals surface area contributed by atoms with Crippen LogP contribution < -0.4 is 4.72 Å². The van der Waals surface area contributed by atoms with Gasteiger partial charge in [0.15, 0.2) is 0 Å². The molecule has 144 valence electrons. The second-order valence-corrected chi connectivity index (χ2v) is 9.10. The van der Waals surface area contributed by atoms with E-state index < -0.39 is 10.0 Å². The maximum Gasteiger partial charge on any atom is 0.263 e. The Labute approximate surface area is 169 Å². The average molecular weight is 427 g/mol. The molecular formula is C19H20Cl2N2O3S. The summed E-state index contributed by atoms with van der Waals surface area (Å²) < 4.78 is 27.8. The molecule has 1 amide bonds. The Balaban J connectivity index is 1.85. The first-order chi connectivity index (χ1) is 12.8. The van der Waals surface area contributed by atoms with Crippen LogP contribution in [0, 0.1) is 0 Å². The zero-order valence-corrected chi connectivity index (χ0v) is 17.1. The van der Waals surface area contributed by atoms with E-state index in [4.69, 9.17) is 23.2 Å². The second-order valence-electron chi connectivity index (χ2n) is 6.60. The third-order valence-corrected chi connectivity index (χ3v) is 6.71. The van der Waals surface area contributed by atoms with Crippen molar-refractivity contribution in [2.24, 2.45) is 0 Å². The van der Waals surface area contributed by atoms with Crippen molar-refractivity contribution >= 4 is 44.8 Å². The van der Waals surface area contributed by atoms with Crippen LogP contribution in [0.3, 0.4) is 0 Å². The molecule has 0 spiro atoms. The van der Waals surface area contributed by atoms with Crippen molar-refractivity contribution in [2.75, 3.05) is 11.3 Å². The highest BCUT2D eigenvalue weighted by atomic mass is 35.5. The van der Waals surface area contributed by atoms with E-state index in [1.165, 1.54) is 18.2 Å². The van der Waals surface area contributed by atoms with Gasteiger partial charge >= 0.3 is 0 Å². The minimum absolute atomic E-state index is 0.0706. The summed E-state index contributed by atoms with van der Waals surface area (Å²) >= 11 is 11.9. The summed E-state index contributed by atoms with van der Waals surface area (Å²) in [6.45, 7) is 2.75. The lowest BCUT2D eigenvalue weighted by Crippen LogP contribution is -2.42. The predicted octanol–water partition coefficient (Wildman–Crippen LogP) is 4.81. The van der Waals surface area contributed by atoms with Gasteiger partial charge in [-0.2, -0.15) is 0 Å². The fourth-order valence-electron chi connectivity index (χ4n) is 3.17. The molecule has 1 heterocycles. The summed E-state index contributed by atoms with van der Waals surface area (Å²) in [5.41, 5.74) is 0.739. The number of carbonyl (C=O) groups excluding carboxylic acids is 1. The fourth-order valence-corrected chi connectivity index (χ4v) is 4.99.